The van der Waals surface area contributed by atoms with Crippen LogP contribution in [0.3, 0.4) is 0 Å². The molecule has 1 atom stereocenters. The standard InChI is InChI=1S/C18H17NO6/c20-14-6-2-1-5-13(14)18(22)24-11-17(21)19-9-12-10-23-15-7-3-4-8-16(15)25-12/h1-8,12,20H,9-11H2,(H,19,21)/t12-/m0/s1. The lowest BCUT2D eigenvalue weighted by Crippen LogP contribution is -2.42. The van der Waals surface area contributed by atoms with Crippen LogP contribution in [-0.2, 0) is 9.53 Å². The predicted octanol–water partition coefficient (Wildman–Crippen LogP) is 1.51. The molecule has 3 rings (SSSR count). The summed E-state index contributed by atoms with van der Waals surface area (Å²) in [6.07, 6.45) is -0.326. The van der Waals surface area contributed by atoms with Crippen LogP contribution in [0, 0.1) is 0 Å². The maximum atomic E-state index is 11.8. The zero-order valence-electron chi connectivity index (χ0n) is 13.3. The molecule has 25 heavy (non-hydrogen) atoms. The first-order chi connectivity index (χ1) is 12.1. The van der Waals surface area contributed by atoms with E-state index in [0.717, 1.165) is 0 Å². The quantitative estimate of drug-likeness (QED) is 0.799. The number of benzene rings is 2. The molecular formula is C18H17NO6. The highest BCUT2D eigenvalue weighted by atomic mass is 16.6. The number of phenolic OH excluding ortho intramolecular Hbond substituents is 1. The number of nitrogens with one attached hydrogen (secondary N) is 1. The summed E-state index contributed by atoms with van der Waals surface area (Å²) in [4.78, 5) is 23.6. The van der Waals surface area contributed by atoms with Gasteiger partial charge in [0, 0.05) is 0 Å². The monoisotopic (exact) mass is 343 g/mol. The first-order valence-corrected chi connectivity index (χ1v) is 7.74. The topological polar surface area (TPSA) is 94.1 Å². The van der Waals surface area contributed by atoms with E-state index in [9.17, 15) is 14.7 Å². The van der Waals surface area contributed by atoms with Gasteiger partial charge in [-0.1, -0.05) is 24.3 Å². The second kappa shape index (κ2) is 7.57. The number of phenols is 1. The molecule has 0 aliphatic carbocycles. The number of hydrogen-bond acceptors (Lipinski definition) is 6. The van der Waals surface area contributed by atoms with Crippen molar-refractivity contribution in [2.75, 3.05) is 19.8 Å². The molecule has 130 valence electrons. The highest BCUT2D eigenvalue weighted by Gasteiger charge is 2.21. The summed E-state index contributed by atoms with van der Waals surface area (Å²) >= 11 is 0. The van der Waals surface area contributed by atoms with E-state index in [-0.39, 0.29) is 24.0 Å². The average molecular weight is 343 g/mol. The Labute approximate surface area is 144 Å². The maximum Gasteiger partial charge on any atom is 0.342 e. The van der Waals surface area contributed by atoms with Crippen LogP contribution in [0.25, 0.3) is 0 Å². The Morgan fingerprint density at radius 3 is 2.64 bits per heavy atom. The van der Waals surface area contributed by atoms with E-state index in [0.29, 0.717) is 18.1 Å². The number of amides is 1. The number of esters is 1. The minimum Gasteiger partial charge on any atom is -0.507 e. The Hall–Kier alpha value is -3.22. The van der Waals surface area contributed by atoms with Crippen molar-refractivity contribution in [1.82, 2.24) is 5.32 Å². The molecule has 0 fully saturated rings. The van der Waals surface area contributed by atoms with Crippen LogP contribution in [0.2, 0.25) is 0 Å². The fraction of sp³-hybridized carbons (Fsp3) is 0.222. The summed E-state index contributed by atoms with van der Waals surface area (Å²) in [7, 11) is 0. The zero-order chi connectivity index (χ0) is 17.6. The Morgan fingerprint density at radius 1 is 1.12 bits per heavy atom. The minimum atomic E-state index is -0.764. The van der Waals surface area contributed by atoms with Crippen LogP contribution >= 0.6 is 0 Å². The Morgan fingerprint density at radius 2 is 1.84 bits per heavy atom. The molecule has 2 N–H and O–H groups in total. The normalized spacial score (nSPS) is 15.3. The third kappa shape index (κ3) is 4.20. The summed E-state index contributed by atoms with van der Waals surface area (Å²) in [5, 5.41) is 12.2. The van der Waals surface area contributed by atoms with Gasteiger partial charge in [0.1, 0.15) is 24.0 Å². The van der Waals surface area contributed by atoms with Gasteiger partial charge in [-0.05, 0) is 24.3 Å². The van der Waals surface area contributed by atoms with Crippen molar-refractivity contribution in [2.45, 2.75) is 6.10 Å². The maximum absolute atomic E-state index is 11.8. The predicted molar refractivity (Wildman–Crippen MR) is 87.8 cm³/mol. The van der Waals surface area contributed by atoms with Crippen molar-refractivity contribution in [1.29, 1.82) is 0 Å². The first-order valence-electron chi connectivity index (χ1n) is 7.74. The van der Waals surface area contributed by atoms with Gasteiger partial charge in [-0.2, -0.15) is 0 Å². The van der Waals surface area contributed by atoms with E-state index < -0.39 is 18.5 Å². The van der Waals surface area contributed by atoms with Crippen LogP contribution in [0.5, 0.6) is 17.2 Å². The molecule has 1 heterocycles. The zero-order valence-corrected chi connectivity index (χ0v) is 13.3. The molecule has 7 heteroatoms. The lowest BCUT2D eigenvalue weighted by Gasteiger charge is -2.26. The van der Waals surface area contributed by atoms with Crippen molar-refractivity contribution in [3.8, 4) is 17.2 Å². The van der Waals surface area contributed by atoms with Gasteiger partial charge >= 0.3 is 5.97 Å². The van der Waals surface area contributed by atoms with E-state index >= 15 is 0 Å². The molecule has 0 bridgehead atoms. The molecule has 2 aromatic carbocycles. The van der Waals surface area contributed by atoms with Crippen molar-refractivity contribution in [3.63, 3.8) is 0 Å². The van der Waals surface area contributed by atoms with Gasteiger partial charge in [0.2, 0.25) is 0 Å². The van der Waals surface area contributed by atoms with Gasteiger partial charge in [-0.15, -0.1) is 0 Å². The summed E-state index contributed by atoms with van der Waals surface area (Å²) in [5.74, 6) is -0.134. The number of hydrogen-bond donors (Lipinski definition) is 2. The third-order valence-corrected chi connectivity index (χ3v) is 3.55. The van der Waals surface area contributed by atoms with Gasteiger partial charge in [0.25, 0.3) is 5.91 Å². The van der Waals surface area contributed by atoms with E-state index in [1.54, 1.807) is 18.2 Å². The smallest absolute Gasteiger partial charge is 0.342 e. The van der Waals surface area contributed by atoms with Gasteiger partial charge < -0.3 is 24.6 Å². The minimum absolute atomic E-state index is 0.0101. The van der Waals surface area contributed by atoms with E-state index in [4.69, 9.17) is 14.2 Å². The van der Waals surface area contributed by atoms with Crippen molar-refractivity contribution < 1.29 is 28.9 Å². The van der Waals surface area contributed by atoms with E-state index in [1.165, 1.54) is 12.1 Å². The number of carbonyl (C=O) groups excluding carboxylic acids is 2. The van der Waals surface area contributed by atoms with Gasteiger partial charge in [0.05, 0.1) is 6.54 Å². The van der Waals surface area contributed by atoms with Crippen LogP contribution in [0.1, 0.15) is 10.4 Å². The second-order valence-corrected chi connectivity index (χ2v) is 5.39. The van der Waals surface area contributed by atoms with Crippen LogP contribution in [0.15, 0.2) is 48.5 Å². The highest BCUT2D eigenvalue weighted by Crippen LogP contribution is 2.30. The Kier molecular flexibility index (Phi) is 5.03. The van der Waals surface area contributed by atoms with Crippen molar-refractivity contribution in [2.24, 2.45) is 0 Å². The number of para-hydroxylation sites is 3. The van der Waals surface area contributed by atoms with Crippen molar-refractivity contribution >= 4 is 11.9 Å². The van der Waals surface area contributed by atoms with Gasteiger partial charge in [0.15, 0.2) is 18.1 Å². The lowest BCUT2D eigenvalue weighted by molar-refractivity contribution is -0.124. The molecule has 1 aliphatic heterocycles. The van der Waals surface area contributed by atoms with Crippen LogP contribution < -0.4 is 14.8 Å². The summed E-state index contributed by atoms with van der Waals surface area (Å²) < 4.78 is 16.1. The molecule has 0 radical (unpaired) electrons. The molecule has 1 aliphatic rings. The fourth-order valence-corrected chi connectivity index (χ4v) is 2.30. The summed E-state index contributed by atoms with van der Waals surface area (Å²) in [5.41, 5.74) is 0.0101. The fourth-order valence-electron chi connectivity index (χ4n) is 2.30. The highest BCUT2D eigenvalue weighted by molar-refractivity contribution is 5.93. The number of aromatic hydroxyl groups is 1. The van der Waals surface area contributed by atoms with Crippen molar-refractivity contribution in [3.05, 3.63) is 54.1 Å². The second-order valence-electron chi connectivity index (χ2n) is 5.39. The third-order valence-electron chi connectivity index (χ3n) is 3.55. The Bertz CT molecular complexity index is 776. The molecule has 1 amide bonds. The number of ether oxygens (including phenoxy) is 3. The molecule has 7 nitrogen and oxygen atoms in total. The van der Waals surface area contributed by atoms with E-state index in [1.807, 2.05) is 18.2 Å². The first kappa shape index (κ1) is 16.6. The van der Waals surface area contributed by atoms with Gasteiger partial charge in [-0.3, -0.25) is 4.79 Å². The number of carbonyl (C=O) groups is 2. The molecule has 0 aromatic heterocycles. The van der Waals surface area contributed by atoms with Crippen LogP contribution in [0.4, 0.5) is 0 Å². The molecule has 0 spiro atoms. The van der Waals surface area contributed by atoms with Crippen LogP contribution in [-0.4, -0.2) is 42.8 Å². The average Bonchev–Trinajstić information content (AvgIpc) is 2.64. The SMILES string of the molecule is O=C(COC(=O)c1ccccc1O)NC[C@H]1COc2ccccc2O1. The summed E-state index contributed by atoms with van der Waals surface area (Å²) in [6, 6.07) is 13.2. The van der Waals surface area contributed by atoms with Gasteiger partial charge in [-0.25, -0.2) is 4.79 Å². The molecule has 2 aromatic rings. The number of fused-ring (bicyclic) bond motifs is 1. The largest absolute Gasteiger partial charge is 0.507 e. The Balaban J connectivity index is 1.43. The molecular weight excluding hydrogens is 326 g/mol. The number of rotatable bonds is 5. The molecule has 0 saturated heterocycles. The van der Waals surface area contributed by atoms with E-state index in [2.05, 4.69) is 5.32 Å². The molecule has 0 saturated carbocycles. The molecule has 0 unspecified atom stereocenters. The summed E-state index contributed by atoms with van der Waals surface area (Å²) in [6.45, 7) is 0.0909. The lowest BCUT2D eigenvalue weighted by atomic mass is 10.2.